The van der Waals surface area contributed by atoms with E-state index in [4.69, 9.17) is 10.8 Å². The Hall–Kier alpha value is -1.34. The van der Waals surface area contributed by atoms with Gasteiger partial charge in [-0.05, 0) is 18.6 Å². The van der Waals surface area contributed by atoms with E-state index in [1.807, 2.05) is 24.3 Å². The summed E-state index contributed by atoms with van der Waals surface area (Å²) in [6.07, 6.45) is 0.295. The van der Waals surface area contributed by atoms with Crippen LogP contribution in [0.25, 0.3) is 0 Å². The van der Waals surface area contributed by atoms with Crippen LogP contribution in [0.4, 0.5) is 0 Å². The molecule has 6 nitrogen and oxygen atoms in total. The number of carbonyl (C=O) groups is 1. The SMILES string of the molecule is C[C@](N)(Cc1cccc(C2=NCCN2)c1)C(=O)O.Cl.Cl.O. The molecule has 1 aromatic rings. The van der Waals surface area contributed by atoms with Gasteiger partial charge in [-0.2, -0.15) is 0 Å². The standard InChI is InChI=1S/C13H17N3O2.2ClH.H2O/c1-13(14,12(17)18)8-9-3-2-4-10(7-9)11-15-5-6-16-11;;;/h2-4,7H,5-6,8,14H2,1H3,(H,15,16)(H,17,18);2*1H;1H2/t13-;;;/m0.../s1. The van der Waals surface area contributed by atoms with E-state index in [0.29, 0.717) is 6.42 Å². The van der Waals surface area contributed by atoms with Crippen LogP contribution >= 0.6 is 24.8 Å². The van der Waals surface area contributed by atoms with Crippen LogP contribution in [0.5, 0.6) is 0 Å². The molecular formula is C13H21Cl2N3O3. The molecule has 2 rings (SSSR count). The molecule has 1 aromatic carbocycles. The minimum absolute atomic E-state index is 0. The summed E-state index contributed by atoms with van der Waals surface area (Å²) in [6, 6.07) is 7.67. The molecule has 0 saturated carbocycles. The van der Waals surface area contributed by atoms with Gasteiger partial charge in [0.1, 0.15) is 11.4 Å². The Labute approximate surface area is 136 Å². The molecule has 1 aliphatic rings. The Kier molecular flexibility index (Phi) is 9.24. The second-order valence-corrected chi connectivity index (χ2v) is 4.76. The van der Waals surface area contributed by atoms with Crippen LogP contribution in [0.2, 0.25) is 0 Å². The lowest BCUT2D eigenvalue weighted by atomic mass is 9.93. The molecule has 1 aliphatic heterocycles. The first-order valence-electron chi connectivity index (χ1n) is 5.89. The average Bonchev–Trinajstić information content (AvgIpc) is 2.82. The summed E-state index contributed by atoms with van der Waals surface area (Å²) in [5, 5.41) is 12.2. The number of carboxylic acids is 1. The number of hydrogen-bond acceptors (Lipinski definition) is 4. The van der Waals surface area contributed by atoms with Gasteiger partial charge >= 0.3 is 5.97 Å². The van der Waals surface area contributed by atoms with Crippen LogP contribution in [0, 0.1) is 0 Å². The average molecular weight is 338 g/mol. The van der Waals surface area contributed by atoms with Gasteiger partial charge in [0, 0.05) is 18.5 Å². The van der Waals surface area contributed by atoms with Crippen molar-refractivity contribution in [1.29, 1.82) is 0 Å². The van der Waals surface area contributed by atoms with Gasteiger partial charge in [0.15, 0.2) is 0 Å². The number of nitrogens with zero attached hydrogens (tertiary/aromatic N) is 1. The molecule has 1 heterocycles. The van der Waals surface area contributed by atoms with Gasteiger partial charge in [-0.3, -0.25) is 9.79 Å². The summed E-state index contributed by atoms with van der Waals surface area (Å²) in [6.45, 7) is 3.15. The summed E-state index contributed by atoms with van der Waals surface area (Å²) in [5.74, 6) is -0.130. The maximum atomic E-state index is 11.0. The van der Waals surface area contributed by atoms with Crippen LogP contribution in [-0.2, 0) is 11.2 Å². The topological polar surface area (TPSA) is 119 Å². The highest BCUT2D eigenvalue weighted by Crippen LogP contribution is 2.14. The normalized spacial score (nSPS) is 15.2. The Balaban J connectivity index is 0. The Bertz CT molecular complexity index is 507. The van der Waals surface area contributed by atoms with E-state index in [2.05, 4.69) is 10.3 Å². The molecule has 0 fully saturated rings. The Morgan fingerprint density at radius 3 is 2.67 bits per heavy atom. The quantitative estimate of drug-likeness (QED) is 0.736. The van der Waals surface area contributed by atoms with Crippen molar-refractivity contribution in [2.45, 2.75) is 18.9 Å². The number of rotatable bonds is 4. The second kappa shape index (κ2) is 8.84. The van der Waals surface area contributed by atoms with Crippen LogP contribution in [0.1, 0.15) is 18.1 Å². The van der Waals surface area contributed by atoms with Crippen molar-refractivity contribution >= 4 is 36.6 Å². The number of hydrogen-bond donors (Lipinski definition) is 3. The van der Waals surface area contributed by atoms with Gasteiger partial charge in [-0.1, -0.05) is 18.2 Å². The predicted molar refractivity (Wildman–Crippen MR) is 87.9 cm³/mol. The molecule has 21 heavy (non-hydrogen) atoms. The second-order valence-electron chi connectivity index (χ2n) is 4.76. The van der Waals surface area contributed by atoms with Crippen LogP contribution in [0.3, 0.4) is 0 Å². The van der Waals surface area contributed by atoms with Gasteiger partial charge in [0.2, 0.25) is 0 Å². The molecule has 120 valence electrons. The maximum absolute atomic E-state index is 11.0. The Morgan fingerprint density at radius 2 is 2.14 bits per heavy atom. The van der Waals surface area contributed by atoms with Crippen molar-refractivity contribution in [3.63, 3.8) is 0 Å². The fourth-order valence-electron chi connectivity index (χ4n) is 1.92. The first-order valence-corrected chi connectivity index (χ1v) is 5.89. The number of carboxylic acid groups (broad SMARTS) is 1. The van der Waals surface area contributed by atoms with E-state index in [9.17, 15) is 4.79 Å². The van der Waals surface area contributed by atoms with Gasteiger partial charge in [0.05, 0.1) is 6.54 Å². The largest absolute Gasteiger partial charge is 0.480 e. The molecule has 6 N–H and O–H groups in total. The first-order chi connectivity index (χ1) is 8.49. The smallest absolute Gasteiger partial charge is 0.323 e. The molecule has 8 heteroatoms. The minimum Gasteiger partial charge on any atom is -0.480 e. The zero-order valence-electron chi connectivity index (χ0n) is 11.6. The molecule has 0 saturated heterocycles. The molecule has 0 bridgehead atoms. The van der Waals surface area contributed by atoms with Crippen molar-refractivity contribution in [3.8, 4) is 0 Å². The van der Waals surface area contributed by atoms with E-state index in [1.54, 1.807) is 0 Å². The molecule has 0 unspecified atom stereocenters. The number of nitrogens with one attached hydrogen (secondary N) is 1. The monoisotopic (exact) mass is 337 g/mol. The van der Waals surface area contributed by atoms with Crippen molar-refractivity contribution in [1.82, 2.24) is 5.32 Å². The minimum atomic E-state index is -1.25. The van der Waals surface area contributed by atoms with Crippen LogP contribution in [0.15, 0.2) is 29.3 Å². The summed E-state index contributed by atoms with van der Waals surface area (Å²) in [5.41, 5.74) is 6.38. The number of benzene rings is 1. The fourth-order valence-corrected chi connectivity index (χ4v) is 1.92. The van der Waals surface area contributed by atoms with Gasteiger partial charge < -0.3 is 21.6 Å². The zero-order chi connectivity index (χ0) is 13.2. The van der Waals surface area contributed by atoms with Gasteiger partial charge in [-0.15, -0.1) is 24.8 Å². The highest BCUT2D eigenvalue weighted by Gasteiger charge is 2.28. The fraction of sp³-hybridized carbons (Fsp3) is 0.385. The van der Waals surface area contributed by atoms with Gasteiger partial charge in [0.25, 0.3) is 0 Å². The highest BCUT2D eigenvalue weighted by atomic mass is 35.5. The lowest BCUT2D eigenvalue weighted by molar-refractivity contribution is -0.142. The third kappa shape index (κ3) is 5.51. The van der Waals surface area contributed by atoms with Crippen molar-refractivity contribution < 1.29 is 15.4 Å². The summed E-state index contributed by atoms with van der Waals surface area (Å²) in [7, 11) is 0. The summed E-state index contributed by atoms with van der Waals surface area (Å²) >= 11 is 0. The van der Waals surface area contributed by atoms with Crippen molar-refractivity contribution in [2.24, 2.45) is 10.7 Å². The third-order valence-electron chi connectivity index (χ3n) is 2.93. The molecule has 0 aliphatic carbocycles. The number of amidine groups is 1. The molecule has 0 spiro atoms. The number of nitrogens with two attached hydrogens (primary N) is 1. The van der Waals surface area contributed by atoms with Crippen molar-refractivity contribution in [3.05, 3.63) is 35.4 Å². The molecular weight excluding hydrogens is 317 g/mol. The molecule has 0 amide bonds. The first kappa shape index (κ1) is 21.9. The van der Waals surface area contributed by atoms with Crippen LogP contribution < -0.4 is 11.1 Å². The van der Waals surface area contributed by atoms with E-state index in [-0.39, 0.29) is 30.3 Å². The lowest BCUT2D eigenvalue weighted by Gasteiger charge is -2.19. The summed E-state index contributed by atoms with van der Waals surface area (Å²) in [4.78, 5) is 15.3. The zero-order valence-corrected chi connectivity index (χ0v) is 13.3. The number of halogens is 2. The van der Waals surface area contributed by atoms with E-state index >= 15 is 0 Å². The Morgan fingerprint density at radius 1 is 1.48 bits per heavy atom. The molecule has 0 radical (unpaired) electrons. The maximum Gasteiger partial charge on any atom is 0.323 e. The van der Waals surface area contributed by atoms with E-state index in [0.717, 1.165) is 30.1 Å². The van der Waals surface area contributed by atoms with E-state index < -0.39 is 11.5 Å². The van der Waals surface area contributed by atoms with Gasteiger partial charge in [-0.25, -0.2) is 0 Å². The highest BCUT2D eigenvalue weighted by molar-refractivity contribution is 5.99. The number of aliphatic carboxylic acids is 1. The number of aliphatic imine (C=N–C) groups is 1. The van der Waals surface area contributed by atoms with Crippen molar-refractivity contribution in [2.75, 3.05) is 13.1 Å². The predicted octanol–water partition coefficient (Wildman–Crippen LogP) is 0.400. The molecule has 1 atom stereocenters. The molecule has 0 aromatic heterocycles. The third-order valence-corrected chi connectivity index (χ3v) is 2.93. The summed E-state index contributed by atoms with van der Waals surface area (Å²) < 4.78 is 0. The van der Waals surface area contributed by atoms with Crippen LogP contribution in [-0.4, -0.2) is 41.0 Å². The lowest BCUT2D eigenvalue weighted by Crippen LogP contribution is -2.46. The van der Waals surface area contributed by atoms with E-state index in [1.165, 1.54) is 6.92 Å².